The van der Waals surface area contributed by atoms with Crippen LogP contribution in [0.15, 0.2) is 52.4 Å². The van der Waals surface area contributed by atoms with Gasteiger partial charge in [-0.3, -0.25) is 9.79 Å². The molecule has 1 atom stereocenters. The molecule has 0 aromatic heterocycles. The Bertz CT molecular complexity index is 513. The predicted octanol–water partition coefficient (Wildman–Crippen LogP) is 3.55. The van der Waals surface area contributed by atoms with Gasteiger partial charge in [0.05, 0.1) is 11.7 Å². The quantitative estimate of drug-likeness (QED) is 0.267. The predicted molar refractivity (Wildman–Crippen MR) is 87.3 cm³/mol. The van der Waals surface area contributed by atoms with Gasteiger partial charge >= 0.3 is 0 Å². The summed E-state index contributed by atoms with van der Waals surface area (Å²) in [4.78, 5) is 17.0. The van der Waals surface area contributed by atoms with E-state index < -0.39 is 0 Å². The van der Waals surface area contributed by atoms with Crippen LogP contribution in [0.4, 0.5) is 0 Å². The molecule has 4 nitrogen and oxygen atoms in total. The van der Waals surface area contributed by atoms with Gasteiger partial charge in [-0.2, -0.15) is 0 Å². The van der Waals surface area contributed by atoms with E-state index in [1.54, 1.807) is 17.2 Å². The van der Waals surface area contributed by atoms with E-state index in [-0.39, 0.29) is 11.8 Å². The summed E-state index contributed by atoms with van der Waals surface area (Å²) in [6, 6.07) is -0.0339. The molecule has 4 heteroatoms. The van der Waals surface area contributed by atoms with Crippen molar-refractivity contribution < 1.29 is 9.90 Å². The van der Waals surface area contributed by atoms with E-state index in [0.29, 0.717) is 12.2 Å². The number of hydrogen-bond acceptors (Lipinski definition) is 3. The van der Waals surface area contributed by atoms with Crippen LogP contribution in [-0.2, 0) is 4.79 Å². The monoisotopic (exact) mass is 288 g/mol. The molecule has 1 N–H and O–H groups in total. The van der Waals surface area contributed by atoms with E-state index >= 15 is 0 Å². The highest BCUT2D eigenvalue weighted by Crippen LogP contribution is 2.20. The smallest absolute Gasteiger partial charge is 0.210 e. The maximum absolute atomic E-state index is 11.0. The summed E-state index contributed by atoms with van der Waals surface area (Å²) in [5, 5.41) is 9.93. The molecule has 1 aliphatic rings. The molecule has 1 rings (SSSR count). The minimum atomic E-state index is -0.0339. The number of aliphatic imine (C=N–C) groups is 1. The van der Waals surface area contributed by atoms with Gasteiger partial charge < -0.3 is 10.0 Å². The van der Waals surface area contributed by atoms with Crippen LogP contribution in [0.3, 0.4) is 0 Å². The zero-order valence-electron chi connectivity index (χ0n) is 13.0. The first kappa shape index (κ1) is 17.0. The maximum Gasteiger partial charge on any atom is 0.210 e. The average Bonchev–Trinajstić information content (AvgIpc) is 2.88. The SMILES string of the molecule is C=C(/C=C(O)\C(=C/C)CC)N=CC1C/C(=C\C)CN1C=O. The van der Waals surface area contributed by atoms with Gasteiger partial charge in [-0.15, -0.1) is 0 Å². The molecule has 1 fully saturated rings. The number of amides is 1. The molecule has 0 aliphatic carbocycles. The normalized spacial score (nSPS) is 22.3. The molecular weight excluding hydrogens is 264 g/mol. The molecule has 114 valence electrons. The number of carbonyl (C=O) groups is 1. The first-order valence-electron chi connectivity index (χ1n) is 7.20. The number of rotatable bonds is 6. The Labute approximate surface area is 126 Å². The number of allylic oxidation sites excluding steroid dienone is 4. The lowest BCUT2D eigenvalue weighted by Crippen LogP contribution is -2.28. The summed E-state index contributed by atoms with van der Waals surface area (Å²) in [5.41, 5.74) is 2.56. The molecule has 0 spiro atoms. The second-order valence-corrected chi connectivity index (χ2v) is 4.96. The van der Waals surface area contributed by atoms with Crippen molar-refractivity contribution in [3.8, 4) is 0 Å². The highest BCUT2D eigenvalue weighted by atomic mass is 16.3. The van der Waals surface area contributed by atoms with Crippen molar-refractivity contribution in [2.75, 3.05) is 6.54 Å². The van der Waals surface area contributed by atoms with Crippen LogP contribution in [0.5, 0.6) is 0 Å². The zero-order valence-corrected chi connectivity index (χ0v) is 13.0. The third-order valence-electron chi connectivity index (χ3n) is 3.60. The molecule has 0 radical (unpaired) electrons. The Morgan fingerprint density at radius 3 is 2.76 bits per heavy atom. The molecule has 1 saturated heterocycles. The van der Waals surface area contributed by atoms with Gasteiger partial charge in [0, 0.05) is 18.8 Å². The maximum atomic E-state index is 11.0. The van der Waals surface area contributed by atoms with E-state index in [9.17, 15) is 9.90 Å². The summed E-state index contributed by atoms with van der Waals surface area (Å²) >= 11 is 0. The largest absolute Gasteiger partial charge is 0.508 e. The molecule has 21 heavy (non-hydrogen) atoms. The molecule has 0 bridgehead atoms. The van der Waals surface area contributed by atoms with Crippen molar-refractivity contribution in [2.45, 2.75) is 39.7 Å². The van der Waals surface area contributed by atoms with Gasteiger partial charge in [0.25, 0.3) is 0 Å². The van der Waals surface area contributed by atoms with Crippen molar-refractivity contribution in [1.29, 1.82) is 0 Å². The Hall–Kier alpha value is -2.10. The number of nitrogens with zero attached hydrogens (tertiary/aromatic N) is 2. The number of carbonyl (C=O) groups excluding carboxylic acids is 1. The summed E-state index contributed by atoms with van der Waals surface area (Å²) in [6.45, 7) is 10.3. The van der Waals surface area contributed by atoms with Crippen molar-refractivity contribution >= 4 is 12.6 Å². The highest BCUT2D eigenvalue weighted by Gasteiger charge is 2.24. The van der Waals surface area contributed by atoms with Gasteiger partial charge in [0.15, 0.2) is 0 Å². The van der Waals surface area contributed by atoms with Crippen molar-refractivity contribution in [3.05, 3.63) is 47.4 Å². The topological polar surface area (TPSA) is 52.9 Å². The Kier molecular flexibility index (Phi) is 6.66. The van der Waals surface area contributed by atoms with Gasteiger partial charge in [0.2, 0.25) is 6.41 Å². The lowest BCUT2D eigenvalue weighted by molar-refractivity contribution is -0.117. The van der Waals surface area contributed by atoms with Crippen molar-refractivity contribution in [2.24, 2.45) is 4.99 Å². The van der Waals surface area contributed by atoms with Crippen LogP contribution in [0, 0.1) is 0 Å². The first-order chi connectivity index (χ1) is 10.0. The zero-order chi connectivity index (χ0) is 15.8. The van der Waals surface area contributed by atoms with Gasteiger partial charge in [-0.05, 0) is 32.3 Å². The van der Waals surface area contributed by atoms with E-state index in [1.165, 1.54) is 5.57 Å². The second-order valence-electron chi connectivity index (χ2n) is 4.96. The van der Waals surface area contributed by atoms with E-state index in [0.717, 1.165) is 24.8 Å². The van der Waals surface area contributed by atoms with Crippen LogP contribution in [0.1, 0.15) is 33.6 Å². The van der Waals surface area contributed by atoms with Crippen LogP contribution in [-0.4, -0.2) is 35.2 Å². The van der Waals surface area contributed by atoms with Crippen LogP contribution < -0.4 is 0 Å². The third-order valence-corrected chi connectivity index (χ3v) is 3.60. The molecular formula is C17H24N2O2. The fourth-order valence-corrected chi connectivity index (χ4v) is 2.27. The Balaban J connectivity index is 2.74. The van der Waals surface area contributed by atoms with E-state index in [2.05, 4.69) is 11.6 Å². The lowest BCUT2D eigenvalue weighted by Gasteiger charge is -2.14. The molecule has 0 aromatic rings. The molecule has 0 saturated carbocycles. The number of aliphatic hydroxyl groups is 1. The van der Waals surface area contributed by atoms with Crippen molar-refractivity contribution in [3.63, 3.8) is 0 Å². The molecule has 1 aliphatic heterocycles. The highest BCUT2D eigenvalue weighted by molar-refractivity contribution is 5.72. The fraction of sp³-hybridized carbons (Fsp3) is 0.412. The lowest BCUT2D eigenvalue weighted by atomic mass is 10.1. The molecule has 0 aromatic carbocycles. The number of aliphatic hydroxyl groups excluding tert-OH is 1. The summed E-state index contributed by atoms with van der Waals surface area (Å²) in [7, 11) is 0. The Morgan fingerprint density at radius 1 is 1.52 bits per heavy atom. The Morgan fingerprint density at radius 2 is 2.24 bits per heavy atom. The minimum Gasteiger partial charge on any atom is -0.508 e. The number of hydrogen-bond donors (Lipinski definition) is 1. The second kappa shape index (κ2) is 8.25. The molecule has 1 unspecified atom stereocenters. The summed E-state index contributed by atoms with van der Waals surface area (Å²) < 4.78 is 0. The van der Waals surface area contributed by atoms with Crippen LogP contribution in [0.2, 0.25) is 0 Å². The van der Waals surface area contributed by atoms with Crippen LogP contribution >= 0.6 is 0 Å². The standard InChI is InChI=1S/C17H24N2O2/c1-5-14-9-16(19(11-14)12-20)10-18-13(4)8-17(21)15(6-2)7-3/h5-6,8,10,12,16,21H,4,7,9,11H2,1-3H3/b14-5+,15-6-,17-8+,18-10?. The number of likely N-dealkylation sites (tertiary alicyclic amines) is 1. The summed E-state index contributed by atoms with van der Waals surface area (Å²) in [5.74, 6) is 0.190. The van der Waals surface area contributed by atoms with Crippen molar-refractivity contribution in [1.82, 2.24) is 4.90 Å². The van der Waals surface area contributed by atoms with Gasteiger partial charge in [-0.1, -0.05) is 31.2 Å². The van der Waals surface area contributed by atoms with E-state index in [4.69, 9.17) is 0 Å². The van der Waals surface area contributed by atoms with Gasteiger partial charge in [0.1, 0.15) is 5.76 Å². The molecule has 1 heterocycles. The third kappa shape index (κ3) is 4.74. The van der Waals surface area contributed by atoms with E-state index in [1.807, 2.05) is 32.9 Å². The van der Waals surface area contributed by atoms with Gasteiger partial charge in [-0.25, -0.2) is 0 Å². The van der Waals surface area contributed by atoms with Crippen LogP contribution in [0.25, 0.3) is 0 Å². The summed E-state index contributed by atoms with van der Waals surface area (Å²) in [6.07, 6.45) is 9.57. The average molecular weight is 288 g/mol. The molecule has 1 amide bonds. The fourth-order valence-electron chi connectivity index (χ4n) is 2.27. The first-order valence-corrected chi connectivity index (χ1v) is 7.20. The minimum absolute atomic E-state index is 0.0339.